The number of benzene rings is 2. The van der Waals surface area contributed by atoms with Crippen LogP contribution >= 0.6 is 0 Å². The van der Waals surface area contributed by atoms with Crippen LogP contribution in [0.5, 0.6) is 0 Å². The number of hydrogen-bond donors (Lipinski definition) is 2. The van der Waals surface area contributed by atoms with E-state index in [1.54, 1.807) is 17.0 Å². The molecule has 2 aliphatic rings. The topological polar surface area (TPSA) is 135 Å². The molecule has 35 heavy (non-hydrogen) atoms. The van der Waals surface area contributed by atoms with Crippen molar-refractivity contribution in [1.82, 2.24) is 4.47 Å². The average molecular weight is 508 g/mol. The van der Waals surface area contributed by atoms with Crippen LogP contribution < -0.4 is 20.9 Å². The maximum absolute atomic E-state index is 15.0. The molecule has 0 bridgehead atoms. The van der Waals surface area contributed by atoms with E-state index in [1.807, 2.05) is 0 Å². The van der Waals surface area contributed by atoms with Gasteiger partial charge in [-0.1, -0.05) is 4.47 Å². The molecule has 11 nitrogen and oxygen atoms in total. The molecular formula is C22H26FN5O6S. The smallest absolute Gasteiger partial charge is 0.414 e. The first-order valence-electron chi connectivity index (χ1n) is 10.9. The molecule has 2 heterocycles. The molecule has 0 spiro atoms. The highest BCUT2D eigenvalue weighted by Crippen LogP contribution is 2.29. The Bertz CT molecular complexity index is 1210. The summed E-state index contributed by atoms with van der Waals surface area (Å²) in [6, 6.07) is 10.1. The number of ether oxygens (including phenoxy) is 1. The van der Waals surface area contributed by atoms with Crippen LogP contribution in [0.3, 0.4) is 0 Å². The zero-order chi connectivity index (χ0) is 25.2. The number of nitrogens with one attached hydrogen (secondary N) is 1. The van der Waals surface area contributed by atoms with Gasteiger partial charge in [-0.3, -0.25) is 14.5 Å². The lowest BCUT2D eigenvalue weighted by atomic mass is 10.2. The minimum Gasteiger partial charge on any atom is -0.443 e. The largest absolute Gasteiger partial charge is 0.443 e. The SMILES string of the molecule is CC(=O)Nc1ccc(S(=O)(=O)N2CCN(c3ccc(N4C[C@H](CN)OC4=O)cc3F)CCO2)cc1. The Kier molecular flexibility index (Phi) is 7.21. The number of carbonyl (C=O) groups excluding carboxylic acids is 2. The predicted octanol–water partition coefficient (Wildman–Crippen LogP) is 1.51. The van der Waals surface area contributed by atoms with E-state index in [4.69, 9.17) is 15.3 Å². The number of rotatable bonds is 6. The standard InChI is InChI=1S/C22H26FN5O6S/c1-15(29)25-16-2-5-19(6-3-16)35(31,32)28-9-8-26(10-11-33-28)21-7-4-17(12-20(21)23)27-14-18(13-24)34-22(27)30/h2-7,12,18H,8-11,13-14,24H2,1H3,(H,25,29)/t18-/m0/s1. The fraction of sp³-hybridized carbons (Fsp3) is 0.364. The number of halogens is 1. The van der Waals surface area contributed by atoms with E-state index in [1.165, 1.54) is 42.2 Å². The second kappa shape index (κ2) is 10.2. The molecule has 188 valence electrons. The predicted molar refractivity (Wildman–Crippen MR) is 126 cm³/mol. The zero-order valence-corrected chi connectivity index (χ0v) is 19.8. The summed E-state index contributed by atoms with van der Waals surface area (Å²) in [5.41, 5.74) is 6.63. The van der Waals surface area contributed by atoms with Crippen LogP contribution in [0.15, 0.2) is 47.4 Å². The Morgan fingerprint density at radius 2 is 1.91 bits per heavy atom. The fourth-order valence-corrected chi connectivity index (χ4v) is 5.12. The minimum atomic E-state index is -3.97. The Balaban J connectivity index is 1.45. The van der Waals surface area contributed by atoms with Crippen molar-refractivity contribution < 1.29 is 32.0 Å². The summed E-state index contributed by atoms with van der Waals surface area (Å²) in [5.74, 6) is -0.826. The number of cyclic esters (lactones) is 1. The zero-order valence-electron chi connectivity index (χ0n) is 19.0. The highest BCUT2D eigenvalue weighted by atomic mass is 32.2. The summed E-state index contributed by atoms with van der Waals surface area (Å²) in [6.07, 6.45) is -1.02. The third-order valence-electron chi connectivity index (χ3n) is 5.61. The molecule has 1 atom stereocenters. The molecule has 3 N–H and O–H groups in total. The summed E-state index contributed by atoms with van der Waals surface area (Å²) in [4.78, 5) is 31.7. The number of hydrogen-bond acceptors (Lipinski definition) is 8. The Hall–Kier alpha value is -3.26. The van der Waals surface area contributed by atoms with Gasteiger partial charge in [0.05, 0.1) is 36.0 Å². The second-order valence-electron chi connectivity index (χ2n) is 8.05. The number of amides is 2. The van der Waals surface area contributed by atoms with Gasteiger partial charge >= 0.3 is 6.09 Å². The molecule has 2 aromatic rings. The molecule has 13 heteroatoms. The van der Waals surface area contributed by atoms with E-state index in [9.17, 15) is 18.0 Å². The fourth-order valence-electron chi connectivity index (χ4n) is 3.87. The first-order valence-corrected chi connectivity index (χ1v) is 12.4. The second-order valence-corrected chi connectivity index (χ2v) is 9.87. The molecule has 2 saturated heterocycles. The number of sulfonamides is 1. The molecule has 4 rings (SSSR count). The lowest BCUT2D eigenvalue weighted by Gasteiger charge is -2.24. The van der Waals surface area contributed by atoms with E-state index in [-0.39, 0.29) is 55.8 Å². The van der Waals surface area contributed by atoms with E-state index in [0.717, 1.165) is 4.47 Å². The van der Waals surface area contributed by atoms with Gasteiger partial charge in [-0.15, -0.1) is 0 Å². The van der Waals surface area contributed by atoms with E-state index >= 15 is 4.39 Å². The van der Waals surface area contributed by atoms with Crippen LogP contribution in [0.1, 0.15) is 6.92 Å². The van der Waals surface area contributed by atoms with Gasteiger partial charge in [-0.25, -0.2) is 17.6 Å². The van der Waals surface area contributed by atoms with Crippen molar-refractivity contribution in [2.75, 3.05) is 54.4 Å². The lowest BCUT2D eigenvalue weighted by molar-refractivity contribution is -0.114. The van der Waals surface area contributed by atoms with Gasteiger partial charge in [0.2, 0.25) is 5.91 Å². The van der Waals surface area contributed by atoms with Gasteiger partial charge < -0.3 is 20.7 Å². The number of nitrogens with two attached hydrogens (primary N) is 1. The van der Waals surface area contributed by atoms with Crippen LogP contribution in [0.2, 0.25) is 0 Å². The van der Waals surface area contributed by atoms with Gasteiger partial charge in [-0.2, -0.15) is 0 Å². The van der Waals surface area contributed by atoms with Gasteiger partial charge in [0, 0.05) is 32.2 Å². The average Bonchev–Trinajstić information content (AvgIpc) is 3.02. The quantitative estimate of drug-likeness (QED) is 0.601. The van der Waals surface area contributed by atoms with Crippen molar-refractivity contribution in [3.05, 3.63) is 48.3 Å². The third kappa shape index (κ3) is 5.37. The van der Waals surface area contributed by atoms with Gasteiger partial charge in [-0.05, 0) is 42.5 Å². The Morgan fingerprint density at radius 1 is 1.17 bits per heavy atom. The molecule has 2 aromatic carbocycles. The summed E-state index contributed by atoms with van der Waals surface area (Å²) >= 11 is 0. The van der Waals surface area contributed by atoms with Crippen molar-refractivity contribution in [1.29, 1.82) is 0 Å². The number of nitrogens with zero attached hydrogens (tertiary/aromatic N) is 3. The van der Waals surface area contributed by atoms with Crippen LogP contribution in [0.25, 0.3) is 0 Å². The molecule has 0 radical (unpaired) electrons. The summed E-state index contributed by atoms with van der Waals surface area (Å²) in [6.45, 7) is 2.19. The molecule has 0 unspecified atom stereocenters. The highest BCUT2D eigenvalue weighted by Gasteiger charge is 2.33. The minimum absolute atomic E-state index is 0.00358. The molecule has 2 aliphatic heterocycles. The summed E-state index contributed by atoms with van der Waals surface area (Å²) in [7, 11) is -3.97. The normalized spacial score (nSPS) is 19.4. The van der Waals surface area contributed by atoms with Crippen molar-refractivity contribution >= 4 is 39.1 Å². The van der Waals surface area contributed by atoms with Crippen LogP contribution in [-0.2, 0) is 24.4 Å². The highest BCUT2D eigenvalue weighted by molar-refractivity contribution is 7.89. The number of hydroxylamine groups is 1. The monoisotopic (exact) mass is 507 g/mol. The van der Waals surface area contributed by atoms with Gasteiger partial charge in [0.25, 0.3) is 10.0 Å². The molecule has 2 fully saturated rings. The third-order valence-corrected chi connectivity index (χ3v) is 7.30. The van der Waals surface area contributed by atoms with Crippen LogP contribution in [0.4, 0.5) is 26.2 Å². The number of carbonyl (C=O) groups is 2. The maximum Gasteiger partial charge on any atom is 0.414 e. The molecule has 0 aliphatic carbocycles. The molecule has 2 amide bonds. The first kappa shape index (κ1) is 24.9. The van der Waals surface area contributed by atoms with Crippen molar-refractivity contribution in [2.24, 2.45) is 5.73 Å². The van der Waals surface area contributed by atoms with Crippen molar-refractivity contribution in [3.63, 3.8) is 0 Å². The lowest BCUT2D eigenvalue weighted by Crippen LogP contribution is -2.34. The van der Waals surface area contributed by atoms with E-state index in [0.29, 0.717) is 11.4 Å². The van der Waals surface area contributed by atoms with Crippen molar-refractivity contribution in [2.45, 2.75) is 17.9 Å². The van der Waals surface area contributed by atoms with Gasteiger partial charge in [0.1, 0.15) is 11.9 Å². The molecule has 0 aromatic heterocycles. The first-order chi connectivity index (χ1) is 16.7. The Morgan fingerprint density at radius 3 is 2.54 bits per heavy atom. The van der Waals surface area contributed by atoms with E-state index in [2.05, 4.69) is 5.32 Å². The maximum atomic E-state index is 15.0. The van der Waals surface area contributed by atoms with Crippen molar-refractivity contribution in [3.8, 4) is 0 Å². The van der Waals surface area contributed by atoms with Crippen LogP contribution in [-0.4, -0.2) is 70.3 Å². The summed E-state index contributed by atoms with van der Waals surface area (Å²) in [5, 5.41) is 2.58. The number of anilines is 3. The molecule has 0 saturated carbocycles. The molecular weight excluding hydrogens is 481 g/mol. The Labute approximate surface area is 202 Å². The summed E-state index contributed by atoms with van der Waals surface area (Å²) < 4.78 is 47.0. The van der Waals surface area contributed by atoms with E-state index < -0.39 is 28.0 Å². The van der Waals surface area contributed by atoms with Crippen LogP contribution in [0, 0.1) is 5.82 Å². The van der Waals surface area contributed by atoms with Gasteiger partial charge in [0.15, 0.2) is 0 Å².